The molecule has 6 nitrogen and oxygen atoms in total. The first-order chi connectivity index (χ1) is 12.8. The number of hydrogen-bond donors (Lipinski definition) is 1. The van der Waals surface area contributed by atoms with Gasteiger partial charge in [-0.2, -0.15) is 0 Å². The van der Waals surface area contributed by atoms with Gasteiger partial charge in [0.2, 0.25) is 5.91 Å². The van der Waals surface area contributed by atoms with Crippen molar-refractivity contribution in [3.63, 3.8) is 0 Å². The zero-order valence-corrected chi connectivity index (χ0v) is 18.2. The van der Waals surface area contributed by atoms with Crippen molar-refractivity contribution < 1.29 is 23.7 Å². The quantitative estimate of drug-likeness (QED) is 0.462. The van der Waals surface area contributed by atoms with Crippen LogP contribution < -0.4 is 5.32 Å². The summed E-state index contributed by atoms with van der Waals surface area (Å²) in [5.41, 5.74) is 0. The lowest BCUT2D eigenvalue weighted by Crippen LogP contribution is -2.40. The third-order valence-electron chi connectivity index (χ3n) is 4.59. The highest BCUT2D eigenvalue weighted by Gasteiger charge is 2.44. The molecular formula is C21H41NO5. The van der Waals surface area contributed by atoms with Crippen LogP contribution in [0.15, 0.2) is 0 Å². The zero-order valence-electron chi connectivity index (χ0n) is 18.2. The molecule has 0 aromatic carbocycles. The third-order valence-corrected chi connectivity index (χ3v) is 4.59. The van der Waals surface area contributed by atoms with Crippen LogP contribution in [0.1, 0.15) is 73.6 Å². The van der Waals surface area contributed by atoms with E-state index in [4.69, 9.17) is 18.9 Å². The molecule has 0 aromatic rings. The Morgan fingerprint density at radius 2 is 1.74 bits per heavy atom. The van der Waals surface area contributed by atoms with Gasteiger partial charge in [0.05, 0.1) is 24.9 Å². The molecule has 1 unspecified atom stereocenters. The van der Waals surface area contributed by atoms with Gasteiger partial charge in [-0.1, -0.05) is 19.8 Å². The van der Waals surface area contributed by atoms with Gasteiger partial charge >= 0.3 is 0 Å². The van der Waals surface area contributed by atoms with Crippen molar-refractivity contribution in [1.29, 1.82) is 0 Å². The molecule has 27 heavy (non-hydrogen) atoms. The van der Waals surface area contributed by atoms with Gasteiger partial charge in [-0.15, -0.1) is 0 Å². The summed E-state index contributed by atoms with van der Waals surface area (Å²) in [7, 11) is 0. The molecule has 1 amide bonds. The van der Waals surface area contributed by atoms with E-state index in [1.807, 2.05) is 41.5 Å². The second kappa shape index (κ2) is 13.5. The number of unbranched alkanes of at least 4 members (excludes halogenated alkanes) is 3. The Bertz CT molecular complexity index is 402. The summed E-state index contributed by atoms with van der Waals surface area (Å²) in [5, 5.41) is 2.91. The van der Waals surface area contributed by atoms with Crippen molar-refractivity contribution >= 4 is 5.91 Å². The maximum Gasteiger partial charge on any atom is 0.219 e. The van der Waals surface area contributed by atoms with Gasteiger partial charge in [-0.25, -0.2) is 0 Å². The van der Waals surface area contributed by atoms with Gasteiger partial charge in [0, 0.05) is 19.6 Å². The SMILES string of the molecule is CCC(=O)NCCCCCCO[C@H]1[C@H](C)OC(COC(C)C)[C@H]1OC(C)C. The number of rotatable bonds is 14. The van der Waals surface area contributed by atoms with Crippen molar-refractivity contribution in [3.8, 4) is 0 Å². The van der Waals surface area contributed by atoms with Crippen LogP contribution in [0.3, 0.4) is 0 Å². The van der Waals surface area contributed by atoms with Crippen LogP contribution in [0.2, 0.25) is 0 Å². The fourth-order valence-electron chi connectivity index (χ4n) is 3.19. The zero-order chi connectivity index (χ0) is 20.2. The van der Waals surface area contributed by atoms with Crippen molar-refractivity contribution in [3.05, 3.63) is 0 Å². The lowest BCUT2D eigenvalue weighted by Gasteiger charge is -2.26. The summed E-state index contributed by atoms with van der Waals surface area (Å²) < 4.78 is 24.1. The second-order valence-electron chi connectivity index (χ2n) is 7.86. The van der Waals surface area contributed by atoms with E-state index in [-0.39, 0.29) is 42.5 Å². The van der Waals surface area contributed by atoms with Crippen LogP contribution in [-0.4, -0.2) is 62.3 Å². The molecule has 1 aliphatic heterocycles. The number of ether oxygens (including phenoxy) is 4. The van der Waals surface area contributed by atoms with E-state index in [1.165, 1.54) is 0 Å². The molecule has 0 saturated carbocycles. The van der Waals surface area contributed by atoms with Gasteiger partial charge in [0.25, 0.3) is 0 Å². The normalized spacial score (nSPS) is 25.5. The summed E-state index contributed by atoms with van der Waals surface area (Å²) >= 11 is 0. The molecule has 1 aliphatic rings. The Morgan fingerprint density at radius 1 is 1.04 bits per heavy atom. The molecule has 0 spiro atoms. The Labute approximate surface area is 165 Å². The molecule has 1 heterocycles. The Hall–Kier alpha value is -0.690. The van der Waals surface area contributed by atoms with Crippen LogP contribution in [0, 0.1) is 0 Å². The molecule has 1 fully saturated rings. The van der Waals surface area contributed by atoms with Crippen LogP contribution in [-0.2, 0) is 23.7 Å². The second-order valence-corrected chi connectivity index (χ2v) is 7.86. The van der Waals surface area contributed by atoms with Crippen molar-refractivity contribution in [2.45, 2.75) is 110 Å². The van der Waals surface area contributed by atoms with Gasteiger partial charge < -0.3 is 24.3 Å². The summed E-state index contributed by atoms with van der Waals surface area (Å²) in [5.74, 6) is 0.126. The number of amides is 1. The summed E-state index contributed by atoms with van der Waals surface area (Å²) in [4.78, 5) is 11.2. The molecule has 1 rings (SSSR count). The molecule has 1 N–H and O–H groups in total. The molecule has 0 radical (unpaired) electrons. The minimum absolute atomic E-state index is 0.00114. The highest BCUT2D eigenvalue weighted by atomic mass is 16.6. The first-order valence-corrected chi connectivity index (χ1v) is 10.7. The Morgan fingerprint density at radius 3 is 2.37 bits per heavy atom. The van der Waals surface area contributed by atoms with Crippen molar-refractivity contribution in [2.75, 3.05) is 19.8 Å². The standard InChI is InChI=1S/C21H41NO5/c1-7-19(23)22-12-10-8-9-11-13-24-20-17(6)27-18(14-25-15(2)3)21(20)26-16(4)5/h15-18,20-21H,7-14H2,1-6H3,(H,22,23)/t17-,18?,20-,21+/m0/s1. The molecule has 1 saturated heterocycles. The molecule has 0 aliphatic carbocycles. The largest absolute Gasteiger partial charge is 0.376 e. The lowest BCUT2D eigenvalue weighted by atomic mass is 10.1. The van der Waals surface area contributed by atoms with Crippen LogP contribution in [0.4, 0.5) is 0 Å². The molecular weight excluding hydrogens is 346 g/mol. The fourth-order valence-corrected chi connectivity index (χ4v) is 3.19. The molecule has 6 heteroatoms. The maximum atomic E-state index is 11.2. The monoisotopic (exact) mass is 387 g/mol. The van der Waals surface area contributed by atoms with Gasteiger partial charge in [-0.05, 0) is 47.5 Å². The van der Waals surface area contributed by atoms with E-state index in [0.717, 1.165) is 32.2 Å². The van der Waals surface area contributed by atoms with Crippen molar-refractivity contribution in [1.82, 2.24) is 5.32 Å². The highest BCUT2D eigenvalue weighted by Crippen LogP contribution is 2.28. The smallest absolute Gasteiger partial charge is 0.219 e. The molecule has 0 aromatic heterocycles. The topological polar surface area (TPSA) is 66.0 Å². The summed E-state index contributed by atoms with van der Waals surface area (Å²) in [6.07, 6.45) is 4.82. The maximum absolute atomic E-state index is 11.2. The van der Waals surface area contributed by atoms with Gasteiger partial charge in [-0.3, -0.25) is 4.79 Å². The number of hydrogen-bond acceptors (Lipinski definition) is 5. The van der Waals surface area contributed by atoms with E-state index >= 15 is 0 Å². The Balaban J connectivity index is 2.30. The first kappa shape index (κ1) is 24.3. The van der Waals surface area contributed by atoms with Crippen LogP contribution in [0.25, 0.3) is 0 Å². The van der Waals surface area contributed by atoms with Gasteiger partial charge in [0.15, 0.2) is 0 Å². The van der Waals surface area contributed by atoms with E-state index in [9.17, 15) is 4.79 Å². The number of nitrogens with one attached hydrogen (secondary N) is 1. The third kappa shape index (κ3) is 9.88. The van der Waals surface area contributed by atoms with Crippen molar-refractivity contribution in [2.24, 2.45) is 0 Å². The lowest BCUT2D eigenvalue weighted by molar-refractivity contribution is -0.120. The molecule has 4 atom stereocenters. The van der Waals surface area contributed by atoms with Crippen LogP contribution >= 0.6 is 0 Å². The molecule has 0 bridgehead atoms. The minimum Gasteiger partial charge on any atom is -0.376 e. The Kier molecular flexibility index (Phi) is 12.2. The average molecular weight is 388 g/mol. The average Bonchev–Trinajstić information content (AvgIpc) is 2.89. The summed E-state index contributed by atoms with van der Waals surface area (Å²) in [6.45, 7) is 14.1. The van der Waals surface area contributed by atoms with Gasteiger partial charge in [0.1, 0.15) is 18.3 Å². The van der Waals surface area contributed by atoms with E-state index < -0.39 is 0 Å². The van der Waals surface area contributed by atoms with E-state index in [0.29, 0.717) is 19.6 Å². The fraction of sp³-hybridized carbons (Fsp3) is 0.952. The van der Waals surface area contributed by atoms with Crippen LogP contribution in [0.5, 0.6) is 0 Å². The summed E-state index contributed by atoms with van der Waals surface area (Å²) in [6, 6.07) is 0. The predicted molar refractivity (Wildman–Crippen MR) is 107 cm³/mol. The first-order valence-electron chi connectivity index (χ1n) is 10.7. The van der Waals surface area contributed by atoms with E-state index in [1.54, 1.807) is 0 Å². The van der Waals surface area contributed by atoms with E-state index in [2.05, 4.69) is 5.32 Å². The number of carbonyl (C=O) groups is 1. The molecule has 160 valence electrons. The highest BCUT2D eigenvalue weighted by molar-refractivity contribution is 5.75. The predicted octanol–water partition coefficient (Wildman–Crippen LogP) is 3.46. The minimum atomic E-state index is -0.0944. The number of carbonyl (C=O) groups excluding carboxylic acids is 1.